The maximum atomic E-state index is 4.37. The van der Waals surface area contributed by atoms with Crippen molar-refractivity contribution >= 4 is 29.9 Å². The molecule has 0 aromatic rings. The van der Waals surface area contributed by atoms with Gasteiger partial charge in [0.2, 0.25) is 0 Å². The first-order valence-corrected chi connectivity index (χ1v) is 9.13. The Bertz CT molecular complexity index is 331. The van der Waals surface area contributed by atoms with Crippen LogP contribution in [-0.2, 0) is 0 Å². The van der Waals surface area contributed by atoms with E-state index in [0.29, 0.717) is 12.1 Å². The van der Waals surface area contributed by atoms with Gasteiger partial charge in [-0.15, -0.1) is 24.0 Å². The first-order valence-electron chi connectivity index (χ1n) is 9.13. The highest BCUT2D eigenvalue weighted by atomic mass is 127. The molecule has 0 radical (unpaired) electrons. The molecule has 1 saturated heterocycles. The largest absolute Gasteiger partial charge is 0.356 e. The summed E-state index contributed by atoms with van der Waals surface area (Å²) in [5, 5.41) is 7.05. The average molecular weight is 438 g/mol. The van der Waals surface area contributed by atoms with Crippen LogP contribution in [0, 0.1) is 11.8 Å². The number of aliphatic imine (C=N–C) groups is 1. The molecule has 2 N–H and O–H groups in total. The Hall–Kier alpha value is -0.0400. The monoisotopic (exact) mass is 438 g/mol. The lowest BCUT2D eigenvalue weighted by Crippen LogP contribution is -2.47. The van der Waals surface area contributed by atoms with E-state index in [4.69, 9.17) is 0 Å². The number of piperidine rings is 1. The number of hydrogen-bond donors (Lipinski definition) is 2. The molecule has 4 nitrogen and oxygen atoms in total. The van der Waals surface area contributed by atoms with Gasteiger partial charge in [0.15, 0.2) is 5.96 Å². The van der Waals surface area contributed by atoms with Crippen LogP contribution in [-0.4, -0.2) is 49.6 Å². The predicted molar refractivity (Wildman–Crippen MR) is 113 cm³/mol. The summed E-state index contributed by atoms with van der Waals surface area (Å²) in [6, 6.07) is 1.14. The van der Waals surface area contributed by atoms with E-state index in [9.17, 15) is 0 Å². The Morgan fingerprint density at radius 2 is 1.87 bits per heavy atom. The zero-order valence-electron chi connectivity index (χ0n) is 16.1. The maximum absolute atomic E-state index is 4.37. The maximum Gasteiger partial charge on any atom is 0.191 e. The van der Waals surface area contributed by atoms with Crippen LogP contribution in [0.1, 0.15) is 60.3 Å². The number of rotatable bonds is 7. The Balaban J connectivity index is 0.00000484. The molecule has 1 aliphatic rings. The van der Waals surface area contributed by atoms with E-state index < -0.39 is 0 Å². The van der Waals surface area contributed by atoms with Crippen molar-refractivity contribution in [3.8, 4) is 0 Å². The Kier molecular flexibility index (Phi) is 12.3. The van der Waals surface area contributed by atoms with Gasteiger partial charge >= 0.3 is 0 Å². The minimum absolute atomic E-state index is 0. The van der Waals surface area contributed by atoms with Crippen molar-refractivity contribution in [1.82, 2.24) is 15.5 Å². The lowest BCUT2D eigenvalue weighted by atomic mass is 9.97. The van der Waals surface area contributed by atoms with Crippen molar-refractivity contribution in [1.29, 1.82) is 0 Å². The molecule has 0 aromatic heterocycles. The van der Waals surface area contributed by atoms with Crippen LogP contribution in [0.15, 0.2) is 4.99 Å². The van der Waals surface area contributed by atoms with Gasteiger partial charge < -0.3 is 15.5 Å². The fraction of sp³-hybridized carbons (Fsp3) is 0.944. The van der Waals surface area contributed by atoms with E-state index in [1.54, 1.807) is 0 Å². The van der Waals surface area contributed by atoms with Crippen molar-refractivity contribution in [2.45, 2.75) is 72.4 Å². The van der Waals surface area contributed by atoms with E-state index in [2.05, 4.69) is 55.1 Å². The highest BCUT2D eigenvalue weighted by Gasteiger charge is 2.21. The Labute approximate surface area is 161 Å². The SMILES string of the molecule is CN=C(NCC1CCCN(C(C)C)C1)NC(C)CCC(C)C.I. The molecule has 138 valence electrons. The topological polar surface area (TPSA) is 39.7 Å². The highest BCUT2D eigenvalue weighted by Crippen LogP contribution is 2.17. The summed E-state index contributed by atoms with van der Waals surface area (Å²) >= 11 is 0. The van der Waals surface area contributed by atoms with Gasteiger partial charge in [0, 0.05) is 32.2 Å². The van der Waals surface area contributed by atoms with Crippen LogP contribution >= 0.6 is 24.0 Å². The standard InChI is InChI=1S/C18H38N4.HI/c1-14(2)9-10-16(5)21-18(19-6)20-12-17-8-7-11-22(13-17)15(3)4;/h14-17H,7-13H2,1-6H3,(H2,19,20,21);1H. The van der Waals surface area contributed by atoms with E-state index in [-0.39, 0.29) is 24.0 Å². The zero-order chi connectivity index (χ0) is 16.5. The zero-order valence-corrected chi connectivity index (χ0v) is 18.4. The summed E-state index contributed by atoms with van der Waals surface area (Å²) in [4.78, 5) is 6.97. The Morgan fingerprint density at radius 3 is 2.43 bits per heavy atom. The molecule has 2 unspecified atom stereocenters. The van der Waals surface area contributed by atoms with Crippen LogP contribution in [0.3, 0.4) is 0 Å². The number of halogens is 1. The average Bonchev–Trinajstić information content (AvgIpc) is 2.49. The lowest BCUT2D eigenvalue weighted by molar-refractivity contribution is 0.141. The van der Waals surface area contributed by atoms with Gasteiger partial charge in [0.25, 0.3) is 0 Å². The molecule has 2 atom stereocenters. The molecule has 23 heavy (non-hydrogen) atoms. The normalized spacial score (nSPS) is 21.2. The van der Waals surface area contributed by atoms with Gasteiger partial charge in [0.1, 0.15) is 0 Å². The first kappa shape index (κ1) is 23.0. The molecule has 0 saturated carbocycles. The summed E-state index contributed by atoms with van der Waals surface area (Å²) in [6.45, 7) is 14.9. The number of nitrogens with one attached hydrogen (secondary N) is 2. The van der Waals surface area contributed by atoms with E-state index in [0.717, 1.165) is 24.3 Å². The van der Waals surface area contributed by atoms with Crippen LogP contribution in [0.4, 0.5) is 0 Å². The fourth-order valence-electron chi connectivity index (χ4n) is 3.06. The molecule has 1 rings (SSSR count). The quantitative estimate of drug-likeness (QED) is 0.362. The van der Waals surface area contributed by atoms with Crippen LogP contribution < -0.4 is 10.6 Å². The molecular weight excluding hydrogens is 399 g/mol. The minimum Gasteiger partial charge on any atom is -0.356 e. The van der Waals surface area contributed by atoms with Gasteiger partial charge in [-0.3, -0.25) is 4.99 Å². The summed E-state index contributed by atoms with van der Waals surface area (Å²) in [5.74, 6) is 2.46. The van der Waals surface area contributed by atoms with Crippen molar-refractivity contribution in [3.63, 3.8) is 0 Å². The molecule has 0 bridgehead atoms. The van der Waals surface area contributed by atoms with Crippen LogP contribution in [0.2, 0.25) is 0 Å². The van der Waals surface area contributed by atoms with Gasteiger partial charge in [-0.05, 0) is 64.8 Å². The molecule has 1 aliphatic heterocycles. The number of nitrogens with zero attached hydrogens (tertiary/aromatic N) is 2. The van der Waals surface area contributed by atoms with Crippen molar-refractivity contribution < 1.29 is 0 Å². The molecule has 0 spiro atoms. The summed E-state index contributed by atoms with van der Waals surface area (Å²) in [6.07, 6.45) is 5.11. The van der Waals surface area contributed by atoms with Gasteiger partial charge in [0.05, 0.1) is 0 Å². The molecule has 0 amide bonds. The second-order valence-electron chi connectivity index (χ2n) is 7.57. The molecule has 1 fully saturated rings. The number of guanidine groups is 1. The summed E-state index contributed by atoms with van der Waals surface area (Å²) in [7, 11) is 1.87. The molecule has 0 aliphatic carbocycles. The predicted octanol–water partition coefficient (Wildman–Crippen LogP) is 3.71. The smallest absolute Gasteiger partial charge is 0.191 e. The van der Waals surface area contributed by atoms with Crippen LogP contribution in [0.5, 0.6) is 0 Å². The van der Waals surface area contributed by atoms with E-state index in [1.807, 2.05) is 7.05 Å². The van der Waals surface area contributed by atoms with Gasteiger partial charge in [-0.1, -0.05) is 13.8 Å². The summed E-state index contributed by atoms with van der Waals surface area (Å²) < 4.78 is 0. The lowest BCUT2D eigenvalue weighted by Gasteiger charge is -2.35. The fourth-order valence-corrected chi connectivity index (χ4v) is 3.06. The molecular formula is C18H39IN4. The van der Waals surface area contributed by atoms with Crippen molar-refractivity contribution in [2.24, 2.45) is 16.8 Å². The molecule has 5 heteroatoms. The van der Waals surface area contributed by atoms with Gasteiger partial charge in [-0.25, -0.2) is 0 Å². The number of hydrogen-bond acceptors (Lipinski definition) is 2. The van der Waals surface area contributed by atoms with E-state index >= 15 is 0 Å². The number of likely N-dealkylation sites (tertiary alicyclic amines) is 1. The van der Waals surface area contributed by atoms with E-state index in [1.165, 1.54) is 38.8 Å². The van der Waals surface area contributed by atoms with Gasteiger partial charge in [-0.2, -0.15) is 0 Å². The second kappa shape index (κ2) is 12.3. The third-order valence-electron chi connectivity index (χ3n) is 4.62. The van der Waals surface area contributed by atoms with Crippen molar-refractivity contribution in [2.75, 3.05) is 26.7 Å². The third kappa shape index (κ3) is 9.75. The van der Waals surface area contributed by atoms with Crippen LogP contribution in [0.25, 0.3) is 0 Å². The third-order valence-corrected chi connectivity index (χ3v) is 4.62. The van der Waals surface area contributed by atoms with Crippen molar-refractivity contribution in [3.05, 3.63) is 0 Å². The second-order valence-corrected chi connectivity index (χ2v) is 7.57. The molecule has 1 heterocycles. The first-order chi connectivity index (χ1) is 10.4. The minimum atomic E-state index is 0. The highest BCUT2D eigenvalue weighted by molar-refractivity contribution is 14.0. The summed E-state index contributed by atoms with van der Waals surface area (Å²) in [5.41, 5.74) is 0. The molecule has 0 aromatic carbocycles. The Morgan fingerprint density at radius 1 is 1.17 bits per heavy atom.